The zero-order valence-corrected chi connectivity index (χ0v) is 13.4. The number of hydrogen-bond donors (Lipinski definition) is 0. The molecule has 0 bridgehead atoms. The summed E-state index contributed by atoms with van der Waals surface area (Å²) in [5.74, 6) is 0.0588. The fourth-order valence-corrected chi connectivity index (χ4v) is 3.48. The van der Waals surface area contributed by atoms with Gasteiger partial charge in [0.1, 0.15) is 6.54 Å². The first-order valence-corrected chi connectivity index (χ1v) is 8.35. The van der Waals surface area contributed by atoms with E-state index in [1.54, 1.807) is 4.90 Å². The summed E-state index contributed by atoms with van der Waals surface area (Å²) in [6.45, 7) is 4.40. The van der Waals surface area contributed by atoms with Crippen LogP contribution in [0.2, 0.25) is 0 Å². The van der Waals surface area contributed by atoms with Crippen LogP contribution in [0, 0.1) is 0 Å². The van der Waals surface area contributed by atoms with Crippen molar-refractivity contribution in [1.29, 1.82) is 0 Å². The zero-order chi connectivity index (χ0) is 16.0. The Morgan fingerprint density at radius 2 is 2.00 bits per heavy atom. The largest absolute Gasteiger partial charge is 0.347 e. The average molecular weight is 311 g/mol. The van der Waals surface area contributed by atoms with Gasteiger partial charge in [0.25, 0.3) is 5.91 Å². The fourth-order valence-electron chi connectivity index (χ4n) is 3.48. The predicted molar refractivity (Wildman–Crippen MR) is 88.3 cm³/mol. The van der Waals surface area contributed by atoms with Gasteiger partial charge in [-0.15, -0.1) is 0 Å². The molecule has 1 aromatic heterocycles. The Kier molecular flexibility index (Phi) is 3.36. The summed E-state index contributed by atoms with van der Waals surface area (Å²) in [6.07, 6.45) is 4.15. The Hall–Kier alpha value is -2.30. The van der Waals surface area contributed by atoms with E-state index in [-0.39, 0.29) is 18.4 Å². The lowest BCUT2D eigenvalue weighted by Gasteiger charge is -2.34. The summed E-state index contributed by atoms with van der Waals surface area (Å²) >= 11 is 0. The third-order valence-corrected chi connectivity index (χ3v) is 4.89. The Morgan fingerprint density at radius 3 is 2.70 bits per heavy atom. The van der Waals surface area contributed by atoms with Gasteiger partial charge in [-0.2, -0.15) is 0 Å². The third kappa shape index (κ3) is 2.40. The highest BCUT2D eigenvalue weighted by Crippen LogP contribution is 2.29. The van der Waals surface area contributed by atoms with E-state index in [9.17, 15) is 9.59 Å². The molecule has 2 aliphatic rings. The normalized spacial score (nSPS) is 18.7. The summed E-state index contributed by atoms with van der Waals surface area (Å²) in [7, 11) is 0. The number of nitrogens with zero attached hydrogens (tertiary/aromatic N) is 3. The molecule has 5 nitrogen and oxygen atoms in total. The van der Waals surface area contributed by atoms with Crippen LogP contribution in [0.3, 0.4) is 0 Å². The van der Waals surface area contributed by atoms with E-state index in [0.717, 1.165) is 30.3 Å². The van der Waals surface area contributed by atoms with E-state index < -0.39 is 0 Å². The van der Waals surface area contributed by atoms with E-state index in [2.05, 4.69) is 11.5 Å². The molecular formula is C18H21N3O2. The molecule has 0 atom stereocenters. The highest BCUT2D eigenvalue weighted by Gasteiger charge is 2.37. The molecule has 120 valence electrons. The SMILES string of the molecule is CCn1cc(C(=O)N2CCN(C3CC3)C(=O)C2)c2ccccc21. The summed E-state index contributed by atoms with van der Waals surface area (Å²) in [5, 5.41) is 0.969. The first-order chi connectivity index (χ1) is 11.2. The molecule has 2 heterocycles. The van der Waals surface area contributed by atoms with Crippen molar-refractivity contribution >= 4 is 22.7 Å². The second kappa shape index (κ2) is 5.41. The molecule has 1 aliphatic carbocycles. The molecule has 1 saturated carbocycles. The quantitative estimate of drug-likeness (QED) is 0.871. The molecule has 2 fully saturated rings. The van der Waals surface area contributed by atoms with Gasteiger partial charge in [-0.25, -0.2) is 0 Å². The molecule has 0 N–H and O–H groups in total. The lowest BCUT2D eigenvalue weighted by molar-refractivity contribution is -0.135. The van der Waals surface area contributed by atoms with Crippen LogP contribution in [0.4, 0.5) is 0 Å². The number of carbonyl (C=O) groups is 2. The van der Waals surface area contributed by atoms with Gasteiger partial charge in [-0.05, 0) is 25.8 Å². The number of aryl methyl sites for hydroxylation is 1. The van der Waals surface area contributed by atoms with Crippen molar-refractivity contribution in [1.82, 2.24) is 14.4 Å². The van der Waals surface area contributed by atoms with Gasteiger partial charge in [0.15, 0.2) is 0 Å². The van der Waals surface area contributed by atoms with E-state index in [4.69, 9.17) is 0 Å². The molecule has 1 aliphatic heterocycles. The van der Waals surface area contributed by atoms with Crippen molar-refractivity contribution in [3.05, 3.63) is 36.0 Å². The number of para-hydroxylation sites is 1. The highest BCUT2D eigenvalue weighted by atomic mass is 16.2. The molecule has 2 amide bonds. The molecule has 1 aromatic carbocycles. The monoisotopic (exact) mass is 311 g/mol. The van der Waals surface area contributed by atoms with Gasteiger partial charge >= 0.3 is 0 Å². The zero-order valence-electron chi connectivity index (χ0n) is 13.4. The Balaban J connectivity index is 1.61. The molecule has 0 unspecified atom stereocenters. The number of amides is 2. The third-order valence-electron chi connectivity index (χ3n) is 4.89. The smallest absolute Gasteiger partial charge is 0.256 e. The van der Waals surface area contributed by atoms with Crippen LogP contribution in [-0.2, 0) is 11.3 Å². The first-order valence-electron chi connectivity index (χ1n) is 8.35. The fraction of sp³-hybridized carbons (Fsp3) is 0.444. The van der Waals surface area contributed by atoms with Gasteiger partial charge in [-0.3, -0.25) is 9.59 Å². The van der Waals surface area contributed by atoms with Crippen LogP contribution in [-0.4, -0.2) is 51.9 Å². The number of fused-ring (bicyclic) bond motifs is 1. The Bertz CT molecular complexity index is 776. The summed E-state index contributed by atoms with van der Waals surface area (Å²) in [6, 6.07) is 8.39. The minimum atomic E-state index is -0.0304. The maximum Gasteiger partial charge on any atom is 0.256 e. The highest BCUT2D eigenvalue weighted by molar-refractivity contribution is 6.08. The minimum absolute atomic E-state index is 0.0304. The predicted octanol–water partition coefficient (Wildman–Crippen LogP) is 2.11. The lowest BCUT2D eigenvalue weighted by atomic mass is 10.1. The van der Waals surface area contributed by atoms with Gasteiger partial charge < -0.3 is 14.4 Å². The Morgan fingerprint density at radius 1 is 1.22 bits per heavy atom. The van der Waals surface area contributed by atoms with E-state index in [1.165, 1.54) is 0 Å². The van der Waals surface area contributed by atoms with Crippen LogP contribution in [0.1, 0.15) is 30.1 Å². The van der Waals surface area contributed by atoms with Crippen molar-refractivity contribution < 1.29 is 9.59 Å². The Labute approximate surface area is 135 Å². The number of carbonyl (C=O) groups excluding carboxylic acids is 2. The maximum absolute atomic E-state index is 12.9. The number of piperazine rings is 1. The van der Waals surface area contributed by atoms with Gasteiger partial charge in [0, 0.05) is 42.8 Å². The molecule has 5 heteroatoms. The second-order valence-electron chi connectivity index (χ2n) is 6.39. The maximum atomic E-state index is 12.9. The van der Waals surface area contributed by atoms with E-state index in [1.807, 2.05) is 35.4 Å². The van der Waals surface area contributed by atoms with E-state index in [0.29, 0.717) is 24.7 Å². The lowest BCUT2D eigenvalue weighted by Crippen LogP contribution is -2.52. The van der Waals surface area contributed by atoms with Gasteiger partial charge in [0.05, 0.1) is 5.56 Å². The molecule has 1 saturated heterocycles. The number of hydrogen-bond acceptors (Lipinski definition) is 2. The first kappa shape index (κ1) is 14.3. The number of benzene rings is 1. The molecule has 0 spiro atoms. The van der Waals surface area contributed by atoms with Crippen LogP contribution in [0.5, 0.6) is 0 Å². The molecule has 2 aromatic rings. The van der Waals surface area contributed by atoms with E-state index >= 15 is 0 Å². The summed E-state index contributed by atoms with van der Waals surface area (Å²) < 4.78 is 2.09. The van der Waals surface area contributed by atoms with Crippen molar-refractivity contribution in [2.24, 2.45) is 0 Å². The molecule has 4 rings (SSSR count). The number of aromatic nitrogens is 1. The molecule has 0 radical (unpaired) electrons. The van der Waals surface area contributed by atoms with Crippen LogP contribution in [0.25, 0.3) is 10.9 Å². The molecular weight excluding hydrogens is 290 g/mol. The van der Waals surface area contributed by atoms with Crippen molar-refractivity contribution in [3.63, 3.8) is 0 Å². The second-order valence-corrected chi connectivity index (χ2v) is 6.39. The van der Waals surface area contributed by atoms with Gasteiger partial charge in [-0.1, -0.05) is 18.2 Å². The van der Waals surface area contributed by atoms with Crippen LogP contribution < -0.4 is 0 Å². The van der Waals surface area contributed by atoms with Crippen molar-refractivity contribution in [2.75, 3.05) is 19.6 Å². The standard InChI is InChI=1S/C18H21N3O2/c1-2-19-11-15(14-5-3-4-6-16(14)19)18(23)20-9-10-21(13-7-8-13)17(22)12-20/h3-6,11,13H,2,7-10,12H2,1H3. The molecule has 23 heavy (non-hydrogen) atoms. The summed E-state index contributed by atoms with van der Waals surface area (Å²) in [4.78, 5) is 28.8. The number of rotatable bonds is 3. The van der Waals surface area contributed by atoms with Crippen molar-refractivity contribution in [2.45, 2.75) is 32.4 Å². The van der Waals surface area contributed by atoms with Crippen molar-refractivity contribution in [3.8, 4) is 0 Å². The average Bonchev–Trinajstić information content (AvgIpc) is 3.34. The van der Waals surface area contributed by atoms with Crippen LogP contribution in [0.15, 0.2) is 30.5 Å². The topological polar surface area (TPSA) is 45.6 Å². The van der Waals surface area contributed by atoms with Gasteiger partial charge in [0.2, 0.25) is 5.91 Å². The summed E-state index contributed by atoms with van der Waals surface area (Å²) in [5.41, 5.74) is 1.77. The van der Waals surface area contributed by atoms with Crippen LogP contribution >= 0.6 is 0 Å². The minimum Gasteiger partial charge on any atom is -0.347 e.